The number of nitrogen functional groups attached to an aromatic ring is 1. The van der Waals surface area contributed by atoms with Gasteiger partial charge in [-0.2, -0.15) is 0 Å². The minimum absolute atomic E-state index is 0.0517. The maximum Gasteiger partial charge on any atom is 0.314 e. The van der Waals surface area contributed by atoms with E-state index in [0.29, 0.717) is 24.9 Å². The molecule has 0 aromatic heterocycles. The molecule has 2 aromatic carbocycles. The molecule has 1 fully saturated rings. The van der Waals surface area contributed by atoms with Crippen molar-refractivity contribution in [2.75, 3.05) is 32.0 Å². The lowest BCUT2D eigenvalue weighted by Crippen LogP contribution is -2.48. The van der Waals surface area contributed by atoms with Gasteiger partial charge in [-0.1, -0.05) is 37.4 Å². The summed E-state index contributed by atoms with van der Waals surface area (Å²) in [6.45, 7) is 10.7. The zero-order chi connectivity index (χ0) is 27.5. The standard InChI is InChI=1S/C28H40N8OS/c1-19(10-13-29)33-24-8-5-9-25(18-24)38-35-26(17-21-6-4-7-22(16-21)27(30)31)20(2)36-14-11-23(12-15-36)34-28(37)32-3/h4-9,16,18,23,26,33,35H,1-2,10-15,17,29H2,3H3,(H3,30,31)(H2,32,34,37)/t26-/m0/s1. The quantitative estimate of drug-likeness (QED) is 0.118. The molecule has 3 rings (SSSR count). The Kier molecular flexibility index (Phi) is 11.1. The normalized spacial score (nSPS) is 14.4. The lowest BCUT2D eigenvalue weighted by Gasteiger charge is -2.38. The highest BCUT2D eigenvalue weighted by atomic mass is 32.2. The van der Waals surface area contributed by atoms with Crippen LogP contribution in [0.3, 0.4) is 0 Å². The minimum atomic E-state index is -0.146. The number of hydrogen-bond donors (Lipinski definition) is 7. The number of hydrogen-bond acceptors (Lipinski definition) is 7. The number of anilines is 1. The van der Waals surface area contributed by atoms with Crippen molar-refractivity contribution in [1.29, 1.82) is 5.41 Å². The smallest absolute Gasteiger partial charge is 0.314 e. The molecule has 0 unspecified atom stereocenters. The predicted octanol–water partition coefficient (Wildman–Crippen LogP) is 3.36. The van der Waals surface area contributed by atoms with Crippen molar-refractivity contribution in [3.8, 4) is 0 Å². The van der Waals surface area contributed by atoms with Crippen LogP contribution in [0.25, 0.3) is 0 Å². The van der Waals surface area contributed by atoms with Crippen LogP contribution in [0, 0.1) is 5.41 Å². The number of amidine groups is 1. The molecule has 1 atom stereocenters. The molecule has 0 radical (unpaired) electrons. The number of urea groups is 1. The number of carbonyl (C=O) groups is 1. The molecular weight excluding hydrogens is 496 g/mol. The van der Waals surface area contributed by atoms with E-state index in [0.717, 1.165) is 53.5 Å². The third kappa shape index (κ3) is 8.83. The van der Waals surface area contributed by atoms with Crippen molar-refractivity contribution >= 4 is 29.5 Å². The van der Waals surface area contributed by atoms with Gasteiger partial charge in [0.15, 0.2) is 0 Å². The third-order valence-corrected chi connectivity index (χ3v) is 7.36. The van der Waals surface area contributed by atoms with Gasteiger partial charge in [-0.3, -0.25) is 10.1 Å². The monoisotopic (exact) mass is 536 g/mol. The highest BCUT2D eigenvalue weighted by Gasteiger charge is 2.25. The van der Waals surface area contributed by atoms with Crippen molar-refractivity contribution in [2.24, 2.45) is 11.5 Å². The number of likely N-dealkylation sites (tertiary alicyclic amines) is 1. The van der Waals surface area contributed by atoms with Crippen LogP contribution in [0.1, 0.15) is 30.4 Å². The van der Waals surface area contributed by atoms with Crippen LogP contribution in [0.2, 0.25) is 0 Å². The van der Waals surface area contributed by atoms with Crippen LogP contribution in [-0.4, -0.2) is 55.5 Å². The Morgan fingerprint density at radius 2 is 1.92 bits per heavy atom. The fraction of sp³-hybridized carbons (Fsp3) is 0.357. The van der Waals surface area contributed by atoms with Gasteiger partial charge in [0, 0.05) is 53.7 Å². The summed E-state index contributed by atoms with van der Waals surface area (Å²) in [5.74, 6) is 0.0517. The first kappa shape index (κ1) is 29.1. The summed E-state index contributed by atoms with van der Waals surface area (Å²) in [4.78, 5) is 15.1. The number of nitrogens with two attached hydrogens (primary N) is 2. The minimum Gasteiger partial charge on any atom is -0.384 e. The highest BCUT2D eigenvalue weighted by molar-refractivity contribution is 7.97. The number of nitrogens with one attached hydrogen (secondary N) is 5. The Balaban J connectivity index is 1.71. The van der Waals surface area contributed by atoms with E-state index >= 15 is 0 Å². The maximum absolute atomic E-state index is 11.7. The van der Waals surface area contributed by atoms with E-state index in [9.17, 15) is 4.79 Å². The van der Waals surface area contributed by atoms with Crippen LogP contribution in [-0.2, 0) is 6.42 Å². The van der Waals surface area contributed by atoms with E-state index in [2.05, 4.69) is 50.9 Å². The van der Waals surface area contributed by atoms with Crippen molar-refractivity contribution in [1.82, 2.24) is 20.3 Å². The predicted molar refractivity (Wildman–Crippen MR) is 158 cm³/mol. The Bertz CT molecular complexity index is 1130. The van der Waals surface area contributed by atoms with Gasteiger partial charge < -0.3 is 32.3 Å². The topological polar surface area (TPSA) is 144 Å². The van der Waals surface area contributed by atoms with Crippen LogP contribution in [0.4, 0.5) is 10.5 Å². The number of piperidine rings is 1. The van der Waals surface area contributed by atoms with Gasteiger partial charge in [0.2, 0.25) is 0 Å². The largest absolute Gasteiger partial charge is 0.384 e. The van der Waals surface area contributed by atoms with Crippen LogP contribution in [0.15, 0.2) is 78.0 Å². The number of rotatable bonds is 13. The zero-order valence-corrected chi connectivity index (χ0v) is 22.9. The molecule has 38 heavy (non-hydrogen) atoms. The Labute approximate surface area is 230 Å². The van der Waals surface area contributed by atoms with Gasteiger partial charge in [0.05, 0.1) is 6.04 Å². The average molecular weight is 537 g/mol. The molecule has 0 saturated carbocycles. The molecule has 0 aliphatic carbocycles. The second kappa shape index (κ2) is 14.5. The fourth-order valence-electron chi connectivity index (χ4n) is 4.34. The van der Waals surface area contributed by atoms with Crippen molar-refractivity contribution in [3.63, 3.8) is 0 Å². The summed E-state index contributed by atoms with van der Waals surface area (Å²) < 4.78 is 3.63. The summed E-state index contributed by atoms with van der Waals surface area (Å²) in [6, 6.07) is 15.9. The highest BCUT2D eigenvalue weighted by Crippen LogP contribution is 2.25. The molecule has 1 heterocycles. The molecule has 10 heteroatoms. The molecule has 2 amide bonds. The van der Waals surface area contributed by atoms with E-state index < -0.39 is 0 Å². The van der Waals surface area contributed by atoms with Gasteiger partial charge in [-0.25, -0.2) is 4.79 Å². The lowest BCUT2D eigenvalue weighted by molar-refractivity contribution is 0.213. The van der Waals surface area contributed by atoms with E-state index in [1.165, 1.54) is 0 Å². The molecule has 1 aliphatic rings. The molecule has 1 aliphatic heterocycles. The first-order chi connectivity index (χ1) is 18.3. The summed E-state index contributed by atoms with van der Waals surface area (Å²) in [5.41, 5.74) is 16.0. The zero-order valence-electron chi connectivity index (χ0n) is 22.1. The molecule has 9 nitrogen and oxygen atoms in total. The Hall–Kier alpha value is -3.47. The van der Waals surface area contributed by atoms with Gasteiger partial charge in [-0.05, 0) is 74.0 Å². The van der Waals surface area contributed by atoms with Gasteiger partial charge in [0.1, 0.15) is 5.84 Å². The van der Waals surface area contributed by atoms with E-state index in [4.69, 9.17) is 16.9 Å². The molecular formula is C28H40N8OS. The van der Waals surface area contributed by atoms with Crippen molar-refractivity contribution in [2.45, 2.75) is 42.7 Å². The first-order valence-corrected chi connectivity index (χ1v) is 13.6. The summed E-state index contributed by atoms with van der Waals surface area (Å²) in [6.07, 6.45) is 3.11. The average Bonchev–Trinajstić information content (AvgIpc) is 2.91. The number of amides is 2. The molecule has 0 bridgehead atoms. The van der Waals surface area contributed by atoms with Crippen LogP contribution >= 0.6 is 11.9 Å². The molecule has 2 aromatic rings. The lowest BCUT2D eigenvalue weighted by atomic mass is 9.99. The van der Waals surface area contributed by atoms with Crippen molar-refractivity contribution < 1.29 is 4.79 Å². The molecule has 0 spiro atoms. The van der Waals surface area contributed by atoms with E-state index in [-0.39, 0.29) is 24.0 Å². The maximum atomic E-state index is 11.7. The second-order valence-electron chi connectivity index (χ2n) is 9.36. The number of benzene rings is 2. The SMILES string of the molecule is C=C(CCN)Nc1cccc(SN[C@@H](Cc2cccc(C(=N)N)c2)C(=C)N2CCC(NC(=O)NC)CC2)c1. The van der Waals surface area contributed by atoms with Gasteiger partial charge >= 0.3 is 6.03 Å². The summed E-state index contributed by atoms with van der Waals surface area (Å²) >= 11 is 1.55. The molecule has 204 valence electrons. The third-order valence-electron chi connectivity index (χ3n) is 6.46. The Morgan fingerprint density at radius 1 is 1.18 bits per heavy atom. The van der Waals surface area contributed by atoms with Gasteiger partial charge in [-0.15, -0.1) is 0 Å². The van der Waals surface area contributed by atoms with Gasteiger partial charge in [0.25, 0.3) is 0 Å². The van der Waals surface area contributed by atoms with E-state index in [1.807, 2.05) is 36.4 Å². The molecule has 1 saturated heterocycles. The van der Waals surface area contributed by atoms with E-state index in [1.54, 1.807) is 19.0 Å². The van der Waals surface area contributed by atoms with Crippen LogP contribution in [0.5, 0.6) is 0 Å². The summed E-state index contributed by atoms with van der Waals surface area (Å²) in [7, 11) is 1.63. The first-order valence-electron chi connectivity index (χ1n) is 12.8. The fourth-order valence-corrected chi connectivity index (χ4v) is 5.17. The van der Waals surface area contributed by atoms with Crippen LogP contribution < -0.4 is 32.1 Å². The molecule has 9 N–H and O–H groups in total. The number of nitrogens with zero attached hydrogens (tertiary/aromatic N) is 1. The number of carbonyl (C=O) groups excluding carboxylic acids is 1. The Morgan fingerprint density at radius 3 is 2.61 bits per heavy atom. The van der Waals surface area contributed by atoms with Crippen molar-refractivity contribution in [3.05, 3.63) is 84.2 Å². The summed E-state index contributed by atoms with van der Waals surface area (Å²) in [5, 5.41) is 16.8. The second-order valence-corrected chi connectivity index (χ2v) is 10.3.